The number of aryl methyl sites for hydroxylation is 2. The molecule has 0 aliphatic carbocycles. The molecule has 6 nitrogen and oxygen atoms in total. The first-order chi connectivity index (χ1) is 12.8. The lowest BCUT2D eigenvalue weighted by molar-refractivity contribution is -0.141. The molecule has 142 valence electrons. The molecule has 0 atom stereocenters. The van der Waals surface area contributed by atoms with Crippen LogP contribution < -0.4 is 10.1 Å². The van der Waals surface area contributed by atoms with Gasteiger partial charge in [0.05, 0.1) is 30.7 Å². The van der Waals surface area contributed by atoms with Gasteiger partial charge < -0.3 is 10.1 Å². The molecule has 3 rings (SSSR count). The van der Waals surface area contributed by atoms with Gasteiger partial charge in [0.2, 0.25) is 5.95 Å². The number of rotatable bonds is 5. The number of anilines is 1. The molecule has 0 radical (unpaired) electrons. The van der Waals surface area contributed by atoms with Crippen molar-refractivity contribution in [1.82, 2.24) is 19.7 Å². The van der Waals surface area contributed by atoms with Gasteiger partial charge in [0.15, 0.2) is 5.69 Å². The van der Waals surface area contributed by atoms with Crippen LogP contribution in [-0.2, 0) is 19.8 Å². The van der Waals surface area contributed by atoms with Crippen LogP contribution in [0.25, 0.3) is 11.3 Å². The SMILES string of the molecule is COc1cccc(-c2cc(C(F)(F)F)nc(NCc3cc(C)nn3C)n2)c1. The number of halogens is 3. The number of hydrogen-bond acceptors (Lipinski definition) is 5. The van der Waals surface area contributed by atoms with E-state index in [0.717, 1.165) is 17.5 Å². The normalized spacial score (nSPS) is 11.5. The van der Waals surface area contributed by atoms with Crippen LogP contribution in [0.3, 0.4) is 0 Å². The highest BCUT2D eigenvalue weighted by Crippen LogP contribution is 2.32. The van der Waals surface area contributed by atoms with E-state index in [1.165, 1.54) is 7.11 Å². The Bertz CT molecular complexity index is 952. The highest BCUT2D eigenvalue weighted by molar-refractivity contribution is 5.63. The molecule has 0 aliphatic heterocycles. The molecule has 0 saturated carbocycles. The largest absolute Gasteiger partial charge is 0.497 e. The summed E-state index contributed by atoms with van der Waals surface area (Å²) in [7, 11) is 3.25. The van der Waals surface area contributed by atoms with Crippen LogP contribution in [0.5, 0.6) is 5.75 Å². The van der Waals surface area contributed by atoms with Crippen molar-refractivity contribution in [3.05, 3.63) is 53.5 Å². The Morgan fingerprint density at radius 3 is 2.56 bits per heavy atom. The van der Waals surface area contributed by atoms with E-state index in [-0.39, 0.29) is 18.2 Å². The summed E-state index contributed by atoms with van der Waals surface area (Å²) >= 11 is 0. The van der Waals surface area contributed by atoms with Gasteiger partial charge in [-0.2, -0.15) is 18.3 Å². The zero-order valence-electron chi connectivity index (χ0n) is 15.0. The van der Waals surface area contributed by atoms with Crippen LogP contribution in [0.4, 0.5) is 19.1 Å². The monoisotopic (exact) mass is 377 g/mol. The third-order valence-corrected chi connectivity index (χ3v) is 3.91. The van der Waals surface area contributed by atoms with Gasteiger partial charge in [-0.15, -0.1) is 0 Å². The quantitative estimate of drug-likeness (QED) is 0.732. The maximum atomic E-state index is 13.3. The minimum Gasteiger partial charge on any atom is -0.497 e. The molecule has 0 amide bonds. The van der Waals surface area contributed by atoms with Crippen molar-refractivity contribution < 1.29 is 17.9 Å². The molecule has 9 heteroatoms. The molecule has 2 aromatic heterocycles. The average molecular weight is 377 g/mol. The molecule has 0 spiro atoms. The Labute approximate surface area is 154 Å². The van der Waals surface area contributed by atoms with Gasteiger partial charge in [-0.05, 0) is 31.2 Å². The van der Waals surface area contributed by atoms with Crippen molar-refractivity contribution in [1.29, 1.82) is 0 Å². The summed E-state index contributed by atoms with van der Waals surface area (Å²) in [6.45, 7) is 2.08. The number of methoxy groups -OCH3 is 1. The topological polar surface area (TPSA) is 64.9 Å². The molecular formula is C18H18F3N5O. The lowest BCUT2D eigenvalue weighted by Gasteiger charge is -2.12. The number of hydrogen-bond donors (Lipinski definition) is 1. The highest BCUT2D eigenvalue weighted by Gasteiger charge is 2.33. The number of ether oxygens (including phenoxy) is 1. The van der Waals surface area contributed by atoms with Crippen molar-refractivity contribution in [2.24, 2.45) is 7.05 Å². The van der Waals surface area contributed by atoms with E-state index in [1.807, 2.05) is 13.0 Å². The molecule has 0 unspecified atom stereocenters. The molecule has 0 saturated heterocycles. The Balaban J connectivity index is 1.96. The molecule has 1 aromatic carbocycles. The van der Waals surface area contributed by atoms with Crippen molar-refractivity contribution in [2.45, 2.75) is 19.6 Å². The molecule has 0 aliphatic rings. The molecular weight excluding hydrogens is 359 g/mol. The summed E-state index contributed by atoms with van der Waals surface area (Å²) in [5.41, 5.74) is 1.26. The maximum Gasteiger partial charge on any atom is 0.433 e. The zero-order chi connectivity index (χ0) is 19.6. The highest BCUT2D eigenvalue weighted by atomic mass is 19.4. The zero-order valence-corrected chi connectivity index (χ0v) is 15.0. The molecule has 0 fully saturated rings. The van der Waals surface area contributed by atoms with E-state index >= 15 is 0 Å². The summed E-state index contributed by atoms with van der Waals surface area (Å²) < 4.78 is 46.6. The first-order valence-corrected chi connectivity index (χ1v) is 8.10. The predicted molar refractivity (Wildman–Crippen MR) is 94.3 cm³/mol. The first kappa shape index (κ1) is 18.7. The number of aromatic nitrogens is 4. The standard InChI is InChI=1S/C18H18F3N5O/c1-11-7-13(26(2)25-11)10-22-17-23-15(9-16(24-17)18(19,20)21)12-5-4-6-14(8-12)27-3/h4-9H,10H2,1-3H3,(H,22,23,24). The summed E-state index contributed by atoms with van der Waals surface area (Å²) in [4.78, 5) is 7.85. The van der Waals surface area contributed by atoms with Crippen LogP contribution in [0.1, 0.15) is 17.1 Å². The number of nitrogens with one attached hydrogen (secondary N) is 1. The molecule has 1 N–H and O–H groups in total. The molecule has 3 aromatic rings. The summed E-state index contributed by atoms with van der Waals surface area (Å²) in [6, 6.07) is 9.45. The summed E-state index contributed by atoms with van der Waals surface area (Å²) in [5.74, 6) is 0.418. The molecule has 0 bridgehead atoms. The minimum absolute atomic E-state index is 0.110. The second-order valence-corrected chi connectivity index (χ2v) is 5.95. The van der Waals surface area contributed by atoms with Crippen LogP contribution in [0.15, 0.2) is 36.4 Å². The third-order valence-electron chi connectivity index (χ3n) is 3.91. The predicted octanol–water partition coefficient (Wildman–Crippen LogP) is 3.83. The smallest absolute Gasteiger partial charge is 0.433 e. The van der Waals surface area contributed by atoms with Gasteiger partial charge in [-0.3, -0.25) is 4.68 Å². The Morgan fingerprint density at radius 1 is 1.15 bits per heavy atom. The maximum absolute atomic E-state index is 13.3. The third kappa shape index (κ3) is 4.36. The fourth-order valence-corrected chi connectivity index (χ4v) is 2.60. The van der Waals surface area contributed by atoms with Crippen LogP contribution in [-0.4, -0.2) is 26.9 Å². The Hall–Kier alpha value is -3.10. The van der Waals surface area contributed by atoms with E-state index in [1.54, 1.807) is 36.0 Å². The Kier molecular flexibility index (Phi) is 5.02. The number of nitrogens with zero attached hydrogens (tertiary/aromatic N) is 4. The number of alkyl halides is 3. The van der Waals surface area contributed by atoms with Crippen LogP contribution >= 0.6 is 0 Å². The van der Waals surface area contributed by atoms with Crippen molar-refractivity contribution in [3.63, 3.8) is 0 Å². The van der Waals surface area contributed by atoms with Crippen LogP contribution in [0.2, 0.25) is 0 Å². The lowest BCUT2D eigenvalue weighted by atomic mass is 10.1. The molecule has 2 heterocycles. The van der Waals surface area contributed by atoms with Crippen molar-refractivity contribution in [2.75, 3.05) is 12.4 Å². The van der Waals surface area contributed by atoms with Crippen LogP contribution in [0, 0.1) is 6.92 Å². The fourth-order valence-electron chi connectivity index (χ4n) is 2.60. The van der Waals surface area contributed by atoms with Gasteiger partial charge in [0.25, 0.3) is 0 Å². The van der Waals surface area contributed by atoms with E-state index in [2.05, 4.69) is 20.4 Å². The fraction of sp³-hybridized carbons (Fsp3) is 0.278. The summed E-state index contributed by atoms with van der Waals surface area (Å²) in [5, 5.41) is 7.06. The Morgan fingerprint density at radius 2 is 1.93 bits per heavy atom. The average Bonchev–Trinajstić information content (AvgIpc) is 2.96. The van der Waals surface area contributed by atoms with Gasteiger partial charge in [-0.25, -0.2) is 9.97 Å². The second kappa shape index (κ2) is 7.26. The second-order valence-electron chi connectivity index (χ2n) is 5.95. The van der Waals surface area contributed by atoms with Gasteiger partial charge >= 0.3 is 6.18 Å². The van der Waals surface area contributed by atoms with E-state index in [0.29, 0.717) is 11.3 Å². The van der Waals surface area contributed by atoms with Gasteiger partial charge in [0, 0.05) is 12.6 Å². The van der Waals surface area contributed by atoms with E-state index < -0.39 is 11.9 Å². The first-order valence-electron chi connectivity index (χ1n) is 8.10. The van der Waals surface area contributed by atoms with Crippen molar-refractivity contribution >= 4 is 5.95 Å². The van der Waals surface area contributed by atoms with Gasteiger partial charge in [0.1, 0.15) is 5.75 Å². The molecule has 27 heavy (non-hydrogen) atoms. The minimum atomic E-state index is -4.59. The summed E-state index contributed by atoms with van der Waals surface area (Å²) in [6.07, 6.45) is -4.59. The van der Waals surface area contributed by atoms with Crippen molar-refractivity contribution in [3.8, 4) is 17.0 Å². The van der Waals surface area contributed by atoms with E-state index in [4.69, 9.17) is 4.74 Å². The van der Waals surface area contributed by atoms with E-state index in [9.17, 15) is 13.2 Å². The van der Waals surface area contributed by atoms with Gasteiger partial charge in [-0.1, -0.05) is 12.1 Å². The lowest BCUT2D eigenvalue weighted by Crippen LogP contribution is -2.13. The number of benzene rings is 1.